The lowest BCUT2D eigenvalue weighted by Crippen LogP contribution is -2.43. The molecule has 1 fully saturated rings. The summed E-state index contributed by atoms with van der Waals surface area (Å²) in [6.07, 6.45) is -0.995. The Balaban J connectivity index is 2.28. The van der Waals surface area contributed by atoms with Crippen LogP contribution < -0.4 is 15.1 Å². The van der Waals surface area contributed by atoms with Gasteiger partial charge in [-0.2, -0.15) is 0 Å². The molecule has 0 aliphatic carbocycles. The van der Waals surface area contributed by atoms with Crippen molar-refractivity contribution < 1.29 is 23.5 Å². The summed E-state index contributed by atoms with van der Waals surface area (Å²) < 4.78 is 19.1. The number of rotatable bonds is 4. The Morgan fingerprint density at radius 1 is 1.50 bits per heavy atom. The molecule has 1 aromatic carbocycles. The van der Waals surface area contributed by atoms with E-state index >= 15 is 0 Å². The van der Waals surface area contributed by atoms with E-state index in [9.17, 15) is 18.8 Å². The van der Waals surface area contributed by atoms with Crippen LogP contribution in [0.1, 0.15) is 13.8 Å². The van der Waals surface area contributed by atoms with Crippen molar-refractivity contribution in [2.45, 2.75) is 26.1 Å². The van der Waals surface area contributed by atoms with Crippen molar-refractivity contribution in [3.05, 3.63) is 24.0 Å². The maximum Gasteiger partial charge on any atom is 0.416 e. The highest BCUT2D eigenvalue weighted by Crippen LogP contribution is 2.29. The molecule has 7 nitrogen and oxygen atoms in total. The Labute approximate surface area is 126 Å². The summed E-state index contributed by atoms with van der Waals surface area (Å²) in [5, 5.41) is 2.50. The molecule has 1 aliphatic heterocycles. The van der Waals surface area contributed by atoms with Crippen molar-refractivity contribution in [1.29, 1.82) is 0 Å². The zero-order valence-electron chi connectivity index (χ0n) is 12.4. The number of hydrogen-bond acceptors (Lipinski definition) is 4. The average Bonchev–Trinajstić information content (AvgIpc) is 2.71. The summed E-state index contributed by atoms with van der Waals surface area (Å²) >= 11 is 0. The quantitative estimate of drug-likeness (QED) is 0.848. The van der Waals surface area contributed by atoms with Crippen LogP contribution >= 0.6 is 0 Å². The number of amides is 3. The lowest BCUT2D eigenvalue weighted by Gasteiger charge is -2.22. The summed E-state index contributed by atoms with van der Waals surface area (Å²) in [6, 6.07) is 3.55. The van der Waals surface area contributed by atoms with Gasteiger partial charge in [-0.25, -0.2) is 9.18 Å². The Kier molecular flexibility index (Phi) is 4.30. The zero-order chi connectivity index (χ0) is 16.4. The number of cyclic esters (lactones) is 1. The molecule has 8 heteroatoms. The predicted molar refractivity (Wildman–Crippen MR) is 76.9 cm³/mol. The van der Waals surface area contributed by atoms with Crippen LogP contribution in [0.2, 0.25) is 0 Å². The molecule has 22 heavy (non-hydrogen) atoms. The van der Waals surface area contributed by atoms with Crippen molar-refractivity contribution in [3.8, 4) is 0 Å². The van der Waals surface area contributed by atoms with E-state index in [0.29, 0.717) is 6.41 Å². The van der Waals surface area contributed by atoms with Gasteiger partial charge in [0.05, 0.1) is 17.4 Å². The van der Waals surface area contributed by atoms with Crippen LogP contribution in [0.3, 0.4) is 0 Å². The van der Waals surface area contributed by atoms with Crippen LogP contribution in [0.4, 0.5) is 20.6 Å². The van der Waals surface area contributed by atoms with Crippen LogP contribution in [0.15, 0.2) is 18.2 Å². The van der Waals surface area contributed by atoms with E-state index in [1.807, 2.05) is 0 Å². The molecule has 1 N–H and O–H groups in total. The summed E-state index contributed by atoms with van der Waals surface area (Å²) in [4.78, 5) is 36.0. The van der Waals surface area contributed by atoms with Crippen LogP contribution in [-0.2, 0) is 14.3 Å². The summed E-state index contributed by atoms with van der Waals surface area (Å²) in [5.74, 6) is -0.976. The van der Waals surface area contributed by atoms with Gasteiger partial charge in [-0.3, -0.25) is 14.5 Å². The number of nitrogens with zero attached hydrogens (tertiary/aromatic N) is 2. The number of carbonyl (C=O) groups is 3. The normalized spacial score (nSPS) is 20.5. The van der Waals surface area contributed by atoms with Crippen LogP contribution in [0.5, 0.6) is 0 Å². The highest BCUT2D eigenvalue weighted by Gasteiger charge is 2.40. The summed E-state index contributed by atoms with van der Waals surface area (Å²) in [7, 11) is 1.42. The Hall–Kier alpha value is -2.64. The second kappa shape index (κ2) is 6.00. The SMILES string of the molecule is CC(=O)N[C@H]1OC(=O)N(c2ccc(N(C)C=O)c(F)c2)C1C. The Bertz CT molecular complexity index is 622. The van der Waals surface area contributed by atoms with E-state index < -0.39 is 24.2 Å². The van der Waals surface area contributed by atoms with Gasteiger partial charge in [0.1, 0.15) is 5.82 Å². The molecule has 2 atom stereocenters. The van der Waals surface area contributed by atoms with Crippen molar-refractivity contribution in [2.24, 2.45) is 0 Å². The minimum absolute atomic E-state index is 0.0948. The smallest absolute Gasteiger partial charge is 0.416 e. The number of halogens is 1. The van der Waals surface area contributed by atoms with Crippen molar-refractivity contribution in [1.82, 2.24) is 5.32 Å². The standard InChI is InChI=1S/C14H16FN3O4/c1-8-13(16-9(2)20)22-14(21)18(8)10-4-5-12(11(15)6-10)17(3)7-19/h4-8,13H,1-3H3,(H,16,20)/t8?,13-/m0/s1. The predicted octanol–water partition coefficient (Wildman–Crippen LogP) is 1.23. The second-order valence-corrected chi connectivity index (χ2v) is 4.97. The van der Waals surface area contributed by atoms with Gasteiger partial charge in [0.2, 0.25) is 12.3 Å². The number of carbonyl (C=O) groups excluding carboxylic acids is 3. The highest BCUT2D eigenvalue weighted by atomic mass is 19.1. The van der Waals surface area contributed by atoms with Gasteiger partial charge in [0, 0.05) is 14.0 Å². The molecule has 0 spiro atoms. The maximum atomic E-state index is 14.1. The fourth-order valence-corrected chi connectivity index (χ4v) is 2.24. The van der Waals surface area contributed by atoms with E-state index in [1.165, 1.54) is 31.0 Å². The molecule has 118 valence electrons. The molecule has 0 radical (unpaired) electrons. The molecule has 1 heterocycles. The number of ether oxygens (including phenoxy) is 1. The van der Waals surface area contributed by atoms with Crippen molar-refractivity contribution in [3.63, 3.8) is 0 Å². The third-order valence-electron chi connectivity index (χ3n) is 3.36. The highest BCUT2D eigenvalue weighted by molar-refractivity contribution is 5.91. The van der Waals surface area contributed by atoms with Gasteiger partial charge < -0.3 is 15.0 Å². The number of benzene rings is 1. The Morgan fingerprint density at radius 3 is 2.73 bits per heavy atom. The van der Waals surface area contributed by atoms with E-state index in [0.717, 1.165) is 11.0 Å². The van der Waals surface area contributed by atoms with E-state index in [1.54, 1.807) is 6.92 Å². The third-order valence-corrected chi connectivity index (χ3v) is 3.36. The first-order chi connectivity index (χ1) is 10.3. The first-order valence-electron chi connectivity index (χ1n) is 6.59. The van der Waals surface area contributed by atoms with Crippen LogP contribution in [-0.4, -0.2) is 37.7 Å². The molecule has 1 unspecified atom stereocenters. The van der Waals surface area contributed by atoms with Gasteiger partial charge in [0.25, 0.3) is 0 Å². The Morgan fingerprint density at radius 2 is 2.18 bits per heavy atom. The topological polar surface area (TPSA) is 79.0 Å². The van der Waals surface area contributed by atoms with Gasteiger partial charge >= 0.3 is 6.09 Å². The zero-order valence-corrected chi connectivity index (χ0v) is 12.4. The number of nitrogens with one attached hydrogen (secondary N) is 1. The van der Waals surface area contributed by atoms with Gasteiger partial charge in [-0.15, -0.1) is 0 Å². The minimum atomic E-state index is -0.801. The average molecular weight is 309 g/mol. The summed E-state index contributed by atoms with van der Waals surface area (Å²) in [5.41, 5.74) is 0.378. The monoisotopic (exact) mass is 309 g/mol. The van der Waals surface area contributed by atoms with Gasteiger partial charge in [0.15, 0.2) is 6.23 Å². The van der Waals surface area contributed by atoms with E-state index in [4.69, 9.17) is 4.74 Å². The minimum Gasteiger partial charge on any atom is -0.423 e. The van der Waals surface area contributed by atoms with Crippen molar-refractivity contribution >= 4 is 29.8 Å². The first kappa shape index (κ1) is 15.7. The molecule has 1 aromatic rings. The second-order valence-electron chi connectivity index (χ2n) is 4.97. The molecule has 3 amide bonds. The van der Waals surface area contributed by atoms with Crippen LogP contribution in [0, 0.1) is 5.82 Å². The molecule has 0 saturated carbocycles. The van der Waals surface area contributed by atoms with E-state index in [-0.39, 0.29) is 17.3 Å². The van der Waals surface area contributed by atoms with Gasteiger partial charge in [-0.05, 0) is 25.1 Å². The first-order valence-corrected chi connectivity index (χ1v) is 6.59. The third kappa shape index (κ3) is 2.85. The maximum absolute atomic E-state index is 14.1. The fourth-order valence-electron chi connectivity index (χ4n) is 2.24. The lowest BCUT2D eigenvalue weighted by atomic mass is 10.2. The molecule has 2 rings (SSSR count). The van der Waals surface area contributed by atoms with E-state index in [2.05, 4.69) is 5.32 Å². The number of hydrogen-bond donors (Lipinski definition) is 1. The summed E-state index contributed by atoms with van der Waals surface area (Å²) in [6.45, 7) is 2.99. The molecule has 1 saturated heterocycles. The van der Waals surface area contributed by atoms with Crippen molar-refractivity contribution in [2.75, 3.05) is 16.8 Å². The van der Waals surface area contributed by atoms with Gasteiger partial charge in [-0.1, -0.05) is 0 Å². The molecule has 1 aliphatic rings. The fraction of sp³-hybridized carbons (Fsp3) is 0.357. The molecular formula is C14H16FN3O4. The lowest BCUT2D eigenvalue weighted by molar-refractivity contribution is -0.121. The molecule has 0 bridgehead atoms. The molecule has 0 aromatic heterocycles. The largest absolute Gasteiger partial charge is 0.423 e. The molecular weight excluding hydrogens is 293 g/mol. The number of anilines is 2. The van der Waals surface area contributed by atoms with Crippen LogP contribution in [0.25, 0.3) is 0 Å².